The molecule has 1 saturated heterocycles. The Labute approximate surface area is 113 Å². The van der Waals surface area contributed by atoms with E-state index in [2.05, 4.69) is 10.1 Å². The van der Waals surface area contributed by atoms with Gasteiger partial charge in [0, 0.05) is 5.56 Å². The molecule has 0 radical (unpaired) electrons. The van der Waals surface area contributed by atoms with Crippen molar-refractivity contribution in [2.45, 2.75) is 25.0 Å². The summed E-state index contributed by atoms with van der Waals surface area (Å²) in [5.41, 5.74) is 0.620. The number of ether oxygens (including phenoxy) is 1. The monoisotopic (exact) mass is 278 g/mol. The molecule has 2 atom stereocenters. The molecule has 0 amide bonds. The zero-order valence-electron chi connectivity index (χ0n) is 10.3. The molecule has 20 heavy (non-hydrogen) atoms. The van der Waals surface area contributed by atoms with Crippen molar-refractivity contribution >= 4 is 5.97 Å². The van der Waals surface area contributed by atoms with Crippen molar-refractivity contribution in [2.24, 2.45) is 0 Å². The number of benzene rings is 1. The maximum absolute atomic E-state index is 12.8. The van der Waals surface area contributed by atoms with E-state index in [1.54, 1.807) is 12.1 Å². The number of aliphatic carboxylic acids is 1. The number of rotatable bonds is 3. The van der Waals surface area contributed by atoms with Crippen molar-refractivity contribution in [1.82, 2.24) is 10.1 Å². The van der Waals surface area contributed by atoms with Crippen LogP contribution in [0.2, 0.25) is 0 Å². The number of aromatic nitrogens is 2. The summed E-state index contributed by atoms with van der Waals surface area (Å²) < 4.78 is 23.2. The predicted molar refractivity (Wildman–Crippen MR) is 64.2 cm³/mol. The van der Waals surface area contributed by atoms with Crippen molar-refractivity contribution in [2.75, 3.05) is 0 Å². The summed E-state index contributed by atoms with van der Waals surface area (Å²) in [6.45, 7) is 0. The molecule has 1 aromatic carbocycles. The van der Waals surface area contributed by atoms with Crippen molar-refractivity contribution < 1.29 is 23.6 Å². The second-order valence-corrected chi connectivity index (χ2v) is 4.49. The molecule has 0 saturated carbocycles. The van der Waals surface area contributed by atoms with Crippen molar-refractivity contribution in [1.29, 1.82) is 0 Å². The van der Waals surface area contributed by atoms with Gasteiger partial charge in [-0.2, -0.15) is 4.98 Å². The lowest BCUT2D eigenvalue weighted by Gasteiger charge is -2.05. The molecule has 2 aromatic rings. The molecule has 2 unspecified atom stereocenters. The number of carboxylic acids is 1. The van der Waals surface area contributed by atoms with Gasteiger partial charge in [0.2, 0.25) is 5.82 Å². The SMILES string of the molecule is O=C(O)C1CCC(c2nc(-c3ccc(F)cc3)no2)O1. The van der Waals surface area contributed by atoms with Crippen LogP contribution in [-0.2, 0) is 9.53 Å². The van der Waals surface area contributed by atoms with Crippen LogP contribution in [0.3, 0.4) is 0 Å². The highest BCUT2D eigenvalue weighted by Crippen LogP contribution is 2.32. The molecule has 104 valence electrons. The Hall–Kier alpha value is -2.28. The fourth-order valence-electron chi connectivity index (χ4n) is 2.08. The minimum absolute atomic E-state index is 0.244. The molecule has 6 nitrogen and oxygen atoms in total. The van der Waals surface area contributed by atoms with Gasteiger partial charge in [-0.3, -0.25) is 0 Å². The Morgan fingerprint density at radius 3 is 2.70 bits per heavy atom. The van der Waals surface area contributed by atoms with E-state index in [4.69, 9.17) is 14.4 Å². The summed E-state index contributed by atoms with van der Waals surface area (Å²) >= 11 is 0. The maximum atomic E-state index is 12.8. The molecule has 1 N–H and O–H groups in total. The number of carboxylic acid groups (broad SMARTS) is 1. The van der Waals surface area contributed by atoms with Crippen LogP contribution in [0.5, 0.6) is 0 Å². The Bertz CT molecular complexity index is 626. The topological polar surface area (TPSA) is 85.5 Å². The van der Waals surface area contributed by atoms with Gasteiger partial charge in [-0.25, -0.2) is 9.18 Å². The zero-order chi connectivity index (χ0) is 14.1. The van der Waals surface area contributed by atoms with Crippen LogP contribution in [0.4, 0.5) is 4.39 Å². The Morgan fingerprint density at radius 1 is 1.30 bits per heavy atom. The van der Waals surface area contributed by atoms with Crippen LogP contribution in [0.25, 0.3) is 11.4 Å². The molecule has 3 rings (SSSR count). The smallest absolute Gasteiger partial charge is 0.332 e. The molecule has 1 aliphatic rings. The van der Waals surface area contributed by atoms with E-state index in [0.29, 0.717) is 24.2 Å². The first-order valence-electron chi connectivity index (χ1n) is 6.11. The normalized spacial score (nSPS) is 22.1. The van der Waals surface area contributed by atoms with Crippen LogP contribution >= 0.6 is 0 Å². The molecular weight excluding hydrogens is 267 g/mol. The Kier molecular flexibility index (Phi) is 3.19. The number of hydrogen-bond donors (Lipinski definition) is 1. The average molecular weight is 278 g/mol. The van der Waals surface area contributed by atoms with E-state index in [0.717, 1.165) is 0 Å². The molecule has 1 fully saturated rings. The summed E-state index contributed by atoms with van der Waals surface area (Å²) in [6.07, 6.45) is -0.407. The van der Waals surface area contributed by atoms with E-state index in [1.807, 2.05) is 0 Å². The standard InChI is InChI=1S/C13H11FN2O4/c14-8-3-1-7(2-4-8)11-15-12(20-16-11)9-5-6-10(19-9)13(17)18/h1-4,9-10H,5-6H2,(H,17,18). The van der Waals surface area contributed by atoms with Crippen LogP contribution in [-0.4, -0.2) is 27.3 Å². The van der Waals surface area contributed by atoms with Crippen molar-refractivity contribution in [3.05, 3.63) is 36.0 Å². The van der Waals surface area contributed by atoms with Gasteiger partial charge < -0.3 is 14.4 Å². The molecule has 1 aromatic heterocycles. The van der Waals surface area contributed by atoms with E-state index < -0.39 is 18.2 Å². The minimum Gasteiger partial charge on any atom is -0.479 e. The lowest BCUT2D eigenvalue weighted by molar-refractivity contribution is -0.150. The molecular formula is C13H11FN2O4. The van der Waals surface area contributed by atoms with Gasteiger partial charge in [-0.15, -0.1) is 0 Å². The molecule has 7 heteroatoms. The van der Waals surface area contributed by atoms with Crippen LogP contribution in [0, 0.1) is 5.82 Å². The molecule has 0 aliphatic carbocycles. The molecule has 1 aliphatic heterocycles. The number of hydrogen-bond acceptors (Lipinski definition) is 5. The zero-order valence-corrected chi connectivity index (χ0v) is 10.3. The lowest BCUT2D eigenvalue weighted by Crippen LogP contribution is -2.18. The first-order valence-corrected chi connectivity index (χ1v) is 6.11. The summed E-state index contributed by atoms with van der Waals surface area (Å²) in [7, 11) is 0. The van der Waals surface area contributed by atoms with E-state index in [9.17, 15) is 9.18 Å². The highest BCUT2D eigenvalue weighted by atomic mass is 19.1. The summed E-state index contributed by atoms with van der Waals surface area (Å²) in [6, 6.07) is 5.69. The van der Waals surface area contributed by atoms with Gasteiger partial charge in [0.05, 0.1) is 0 Å². The number of nitrogens with zero attached hydrogens (tertiary/aromatic N) is 2. The van der Waals surface area contributed by atoms with Crippen molar-refractivity contribution in [3.63, 3.8) is 0 Å². The highest BCUT2D eigenvalue weighted by molar-refractivity contribution is 5.72. The van der Waals surface area contributed by atoms with E-state index >= 15 is 0 Å². The largest absolute Gasteiger partial charge is 0.479 e. The average Bonchev–Trinajstić information content (AvgIpc) is 3.08. The van der Waals surface area contributed by atoms with E-state index in [-0.39, 0.29) is 11.7 Å². The fraction of sp³-hybridized carbons (Fsp3) is 0.308. The minimum atomic E-state index is -0.995. The second-order valence-electron chi connectivity index (χ2n) is 4.49. The second kappa shape index (κ2) is 5.01. The van der Waals surface area contributed by atoms with Gasteiger partial charge >= 0.3 is 5.97 Å². The lowest BCUT2D eigenvalue weighted by atomic mass is 10.2. The Morgan fingerprint density at radius 2 is 2.05 bits per heavy atom. The van der Waals surface area contributed by atoms with Gasteiger partial charge in [0.25, 0.3) is 5.89 Å². The number of carbonyl (C=O) groups is 1. The first kappa shape index (κ1) is 12.7. The molecule has 0 bridgehead atoms. The third-order valence-electron chi connectivity index (χ3n) is 3.11. The van der Waals surface area contributed by atoms with Crippen molar-refractivity contribution in [3.8, 4) is 11.4 Å². The Balaban J connectivity index is 1.77. The fourth-order valence-corrected chi connectivity index (χ4v) is 2.08. The van der Waals surface area contributed by atoms with Gasteiger partial charge in [0.1, 0.15) is 11.9 Å². The predicted octanol–water partition coefficient (Wildman–Crippen LogP) is 2.18. The van der Waals surface area contributed by atoms with Crippen LogP contribution in [0.15, 0.2) is 28.8 Å². The van der Waals surface area contributed by atoms with Crippen LogP contribution < -0.4 is 0 Å². The van der Waals surface area contributed by atoms with E-state index in [1.165, 1.54) is 12.1 Å². The van der Waals surface area contributed by atoms with Gasteiger partial charge in [-0.05, 0) is 37.1 Å². The highest BCUT2D eigenvalue weighted by Gasteiger charge is 2.34. The molecule has 2 heterocycles. The summed E-state index contributed by atoms with van der Waals surface area (Å²) in [5, 5.41) is 12.7. The van der Waals surface area contributed by atoms with Crippen LogP contribution in [0.1, 0.15) is 24.8 Å². The number of halogens is 1. The van der Waals surface area contributed by atoms with Gasteiger partial charge in [-0.1, -0.05) is 5.16 Å². The quantitative estimate of drug-likeness (QED) is 0.926. The summed E-state index contributed by atoms with van der Waals surface area (Å²) in [5.74, 6) is -0.776. The van der Waals surface area contributed by atoms with Gasteiger partial charge in [0.15, 0.2) is 6.10 Å². The third-order valence-corrected chi connectivity index (χ3v) is 3.11. The molecule has 0 spiro atoms. The third kappa shape index (κ3) is 2.39. The maximum Gasteiger partial charge on any atom is 0.332 e. The first-order chi connectivity index (χ1) is 9.63. The summed E-state index contributed by atoms with van der Waals surface area (Å²) in [4.78, 5) is 15.0.